The van der Waals surface area contributed by atoms with Gasteiger partial charge < -0.3 is 24.4 Å². The van der Waals surface area contributed by atoms with E-state index in [9.17, 15) is 0 Å². The third-order valence-electron chi connectivity index (χ3n) is 4.93. The van der Waals surface area contributed by atoms with Crippen molar-refractivity contribution in [3.05, 3.63) is 53.7 Å². The molecule has 0 spiro atoms. The van der Waals surface area contributed by atoms with Crippen LogP contribution in [0.25, 0.3) is 0 Å². The zero-order valence-corrected chi connectivity index (χ0v) is 17.0. The molecule has 1 aliphatic rings. The van der Waals surface area contributed by atoms with E-state index >= 15 is 0 Å². The quantitative estimate of drug-likeness (QED) is 0.672. The third kappa shape index (κ3) is 3.63. The minimum absolute atomic E-state index is 0.513. The average Bonchev–Trinajstić information content (AvgIpc) is 3.16. The van der Waals surface area contributed by atoms with Gasteiger partial charge in [0.15, 0.2) is 11.5 Å². The fourth-order valence-electron chi connectivity index (χ4n) is 3.60. The van der Waals surface area contributed by atoms with Crippen LogP contribution in [0.15, 0.2) is 42.5 Å². The molecule has 0 atom stereocenters. The highest BCUT2D eigenvalue weighted by Crippen LogP contribution is 2.40. The van der Waals surface area contributed by atoms with Crippen molar-refractivity contribution in [1.82, 2.24) is 9.97 Å². The van der Waals surface area contributed by atoms with Crippen LogP contribution in [0.5, 0.6) is 17.2 Å². The molecule has 29 heavy (non-hydrogen) atoms. The highest BCUT2D eigenvalue weighted by molar-refractivity contribution is 5.70. The van der Waals surface area contributed by atoms with Gasteiger partial charge in [-0.1, -0.05) is 18.2 Å². The molecule has 150 valence electrons. The van der Waals surface area contributed by atoms with E-state index in [1.807, 2.05) is 25.1 Å². The lowest BCUT2D eigenvalue weighted by molar-refractivity contribution is 0.324. The van der Waals surface area contributed by atoms with Crippen molar-refractivity contribution in [2.75, 3.05) is 38.1 Å². The summed E-state index contributed by atoms with van der Waals surface area (Å²) in [4.78, 5) is 11.5. The van der Waals surface area contributed by atoms with Gasteiger partial charge in [0.2, 0.25) is 11.7 Å². The monoisotopic (exact) mass is 392 g/mol. The Hall–Kier alpha value is -3.48. The first-order valence-electron chi connectivity index (χ1n) is 9.41. The largest absolute Gasteiger partial charge is 0.493 e. The Morgan fingerprint density at radius 3 is 2.34 bits per heavy atom. The molecule has 2 heterocycles. The number of nitrogens with one attached hydrogen (secondary N) is 1. The Bertz CT molecular complexity index is 1010. The van der Waals surface area contributed by atoms with Gasteiger partial charge in [0.25, 0.3) is 0 Å². The first kappa shape index (κ1) is 18.9. The van der Waals surface area contributed by atoms with E-state index in [1.54, 1.807) is 21.3 Å². The van der Waals surface area contributed by atoms with Crippen molar-refractivity contribution in [2.24, 2.45) is 0 Å². The van der Waals surface area contributed by atoms with E-state index in [4.69, 9.17) is 19.2 Å². The third-order valence-corrected chi connectivity index (χ3v) is 4.93. The summed E-state index contributed by atoms with van der Waals surface area (Å²) in [5, 5.41) is 3.27. The van der Waals surface area contributed by atoms with Gasteiger partial charge in [-0.2, -0.15) is 4.98 Å². The van der Waals surface area contributed by atoms with Gasteiger partial charge in [-0.25, -0.2) is 4.98 Å². The van der Waals surface area contributed by atoms with E-state index in [0.29, 0.717) is 23.2 Å². The fraction of sp³-hybridized carbons (Fsp3) is 0.273. The van der Waals surface area contributed by atoms with Crippen molar-refractivity contribution >= 4 is 23.1 Å². The number of hydrogen-bond acceptors (Lipinski definition) is 7. The van der Waals surface area contributed by atoms with Gasteiger partial charge in [-0.3, -0.25) is 0 Å². The highest BCUT2D eigenvalue weighted by Gasteiger charge is 2.22. The molecule has 0 aliphatic carbocycles. The number of nitrogens with zero attached hydrogens (tertiary/aromatic N) is 3. The number of rotatable bonds is 6. The molecule has 1 N–H and O–H groups in total. The summed E-state index contributed by atoms with van der Waals surface area (Å²) >= 11 is 0. The number of ether oxygens (including phenoxy) is 3. The van der Waals surface area contributed by atoms with Crippen LogP contribution in [0.4, 0.5) is 23.1 Å². The molecule has 0 saturated heterocycles. The average molecular weight is 392 g/mol. The van der Waals surface area contributed by atoms with Crippen LogP contribution in [0.2, 0.25) is 0 Å². The van der Waals surface area contributed by atoms with E-state index in [-0.39, 0.29) is 0 Å². The summed E-state index contributed by atoms with van der Waals surface area (Å²) in [5.41, 5.74) is 4.17. The van der Waals surface area contributed by atoms with Crippen molar-refractivity contribution in [3.8, 4) is 17.2 Å². The molecule has 1 aliphatic heterocycles. The van der Waals surface area contributed by atoms with Crippen LogP contribution >= 0.6 is 0 Å². The summed E-state index contributed by atoms with van der Waals surface area (Å²) in [6.07, 6.45) is 1.01. The Labute approximate surface area is 170 Å². The van der Waals surface area contributed by atoms with Gasteiger partial charge >= 0.3 is 0 Å². The number of hydrogen-bond donors (Lipinski definition) is 1. The maximum absolute atomic E-state index is 5.43. The number of fused-ring (bicyclic) bond motifs is 1. The molecule has 0 saturated carbocycles. The Morgan fingerprint density at radius 2 is 1.66 bits per heavy atom. The maximum atomic E-state index is 5.43. The summed E-state index contributed by atoms with van der Waals surface area (Å²) in [5.74, 6) is 3.06. The molecule has 0 radical (unpaired) electrons. The summed E-state index contributed by atoms with van der Waals surface area (Å²) in [6.45, 7) is 2.87. The normalized spacial score (nSPS) is 12.5. The lowest BCUT2D eigenvalue weighted by atomic mass is 10.2. The second-order valence-electron chi connectivity index (χ2n) is 6.76. The highest BCUT2D eigenvalue weighted by atomic mass is 16.5. The minimum atomic E-state index is 0.513. The topological polar surface area (TPSA) is 68.7 Å². The molecule has 0 bridgehead atoms. The van der Waals surface area contributed by atoms with E-state index in [1.165, 1.54) is 11.3 Å². The molecule has 0 amide bonds. The standard InChI is InChI=1S/C22H24N4O3/c1-14-11-20(26-10-9-15-7-5-6-8-17(15)26)25-22(23-14)24-16-12-18(27-2)21(29-4)19(13-16)28-3/h5-8,11-13H,9-10H2,1-4H3,(H,23,24,25). The molecular weight excluding hydrogens is 368 g/mol. The van der Waals surface area contributed by atoms with Crippen molar-refractivity contribution < 1.29 is 14.2 Å². The molecule has 3 aromatic rings. The van der Waals surface area contributed by atoms with E-state index in [2.05, 4.69) is 39.5 Å². The van der Waals surface area contributed by atoms with Crippen LogP contribution in [0.3, 0.4) is 0 Å². The molecule has 2 aromatic carbocycles. The Kier molecular flexibility index (Phi) is 5.12. The van der Waals surface area contributed by atoms with Crippen LogP contribution in [-0.4, -0.2) is 37.8 Å². The molecule has 0 fully saturated rings. The van der Waals surface area contributed by atoms with Gasteiger partial charge in [-0.15, -0.1) is 0 Å². The van der Waals surface area contributed by atoms with Gasteiger partial charge in [0, 0.05) is 41.8 Å². The lowest BCUT2D eigenvalue weighted by Gasteiger charge is -2.20. The molecule has 7 nitrogen and oxygen atoms in total. The Balaban J connectivity index is 1.68. The van der Waals surface area contributed by atoms with Gasteiger partial charge in [0.05, 0.1) is 21.3 Å². The zero-order chi connectivity index (χ0) is 20.4. The second-order valence-corrected chi connectivity index (χ2v) is 6.76. The van der Waals surface area contributed by atoms with Gasteiger partial charge in [0.1, 0.15) is 5.82 Å². The van der Waals surface area contributed by atoms with Crippen molar-refractivity contribution in [2.45, 2.75) is 13.3 Å². The van der Waals surface area contributed by atoms with E-state index < -0.39 is 0 Å². The number of anilines is 4. The van der Waals surface area contributed by atoms with Crippen molar-refractivity contribution in [3.63, 3.8) is 0 Å². The lowest BCUT2D eigenvalue weighted by Crippen LogP contribution is -2.16. The number of aromatic nitrogens is 2. The summed E-state index contributed by atoms with van der Waals surface area (Å²) < 4.78 is 16.2. The molecule has 4 rings (SSSR count). The van der Waals surface area contributed by atoms with Gasteiger partial charge in [-0.05, 0) is 25.0 Å². The van der Waals surface area contributed by atoms with E-state index in [0.717, 1.165) is 30.2 Å². The summed E-state index contributed by atoms with van der Waals surface area (Å²) in [6, 6.07) is 14.1. The smallest absolute Gasteiger partial charge is 0.229 e. The van der Waals surface area contributed by atoms with Crippen molar-refractivity contribution in [1.29, 1.82) is 0 Å². The number of methoxy groups -OCH3 is 3. The predicted molar refractivity (Wildman–Crippen MR) is 113 cm³/mol. The first-order chi connectivity index (χ1) is 14.1. The Morgan fingerprint density at radius 1 is 0.931 bits per heavy atom. The second kappa shape index (κ2) is 7.87. The molecular formula is C22H24N4O3. The minimum Gasteiger partial charge on any atom is -0.493 e. The molecule has 7 heteroatoms. The van der Waals surface area contributed by atoms with Crippen LogP contribution in [0.1, 0.15) is 11.3 Å². The number of para-hydroxylation sites is 1. The van der Waals surface area contributed by atoms with Crippen LogP contribution < -0.4 is 24.4 Å². The number of benzene rings is 2. The molecule has 1 aromatic heterocycles. The fourth-order valence-corrected chi connectivity index (χ4v) is 3.60. The zero-order valence-electron chi connectivity index (χ0n) is 17.0. The maximum Gasteiger partial charge on any atom is 0.229 e. The van der Waals surface area contributed by atoms with Crippen LogP contribution in [-0.2, 0) is 6.42 Å². The summed E-state index contributed by atoms with van der Waals surface area (Å²) in [7, 11) is 4.76. The predicted octanol–water partition coefficient (Wildman–Crippen LogP) is 4.25. The molecule has 0 unspecified atom stereocenters. The SMILES string of the molecule is COc1cc(Nc2nc(C)cc(N3CCc4ccccc43)n2)cc(OC)c1OC. The number of aryl methyl sites for hydroxylation is 1. The first-order valence-corrected chi connectivity index (χ1v) is 9.41. The van der Waals surface area contributed by atoms with Crippen LogP contribution in [0, 0.1) is 6.92 Å².